The van der Waals surface area contributed by atoms with E-state index in [-0.39, 0.29) is 0 Å². The van der Waals surface area contributed by atoms with Crippen molar-refractivity contribution in [3.05, 3.63) is 0 Å². The minimum absolute atomic E-state index is 0.978. The first-order valence-corrected chi connectivity index (χ1v) is 3.26. The van der Waals surface area contributed by atoms with Gasteiger partial charge in [-0.15, -0.1) is 0 Å². The van der Waals surface area contributed by atoms with Gasteiger partial charge < -0.3 is 0 Å². The molecule has 0 amide bonds. The minimum Gasteiger partial charge on any atom is -0.271 e. The van der Waals surface area contributed by atoms with E-state index in [0.717, 1.165) is 6.54 Å². The van der Waals surface area contributed by atoms with Crippen LogP contribution in [0.5, 0.6) is 0 Å². The van der Waals surface area contributed by atoms with E-state index >= 15 is 0 Å². The van der Waals surface area contributed by atoms with Gasteiger partial charge in [0.05, 0.1) is 0 Å². The molecule has 0 atom stereocenters. The highest BCUT2D eigenvalue weighted by atomic mass is 28.1. The zero-order valence-electron chi connectivity index (χ0n) is 3.49. The second-order valence-electron chi connectivity index (χ2n) is 0.954. The molecule has 32 valence electrons. The quantitative estimate of drug-likeness (QED) is 0.239. The van der Waals surface area contributed by atoms with Gasteiger partial charge in [0.15, 0.2) is 0 Å². The lowest BCUT2D eigenvalue weighted by molar-refractivity contribution is 0.780. The third-order valence-electron chi connectivity index (χ3n) is 0.394. The molecule has 3 heteroatoms. The van der Waals surface area contributed by atoms with Crippen molar-refractivity contribution in [3.63, 3.8) is 0 Å². The van der Waals surface area contributed by atoms with Crippen LogP contribution in [0.25, 0.3) is 0 Å². The van der Waals surface area contributed by atoms with Gasteiger partial charge in [-0.3, -0.25) is 11.3 Å². The van der Waals surface area contributed by atoms with Gasteiger partial charge in [-0.05, 0) is 0 Å². The molecule has 0 aliphatic carbocycles. The van der Waals surface area contributed by atoms with Gasteiger partial charge in [0, 0.05) is 16.8 Å². The van der Waals surface area contributed by atoms with Crippen LogP contribution in [0.3, 0.4) is 0 Å². The third kappa shape index (κ3) is 4.14. The zero-order valence-corrected chi connectivity index (χ0v) is 5.49. The second-order valence-corrected chi connectivity index (χ2v) is 1.95. The number of rotatable bonds is 2. The average molecular weight is 90.2 g/mol. The second kappa shape index (κ2) is 4.14. The molecule has 0 aliphatic heterocycles. The van der Waals surface area contributed by atoms with Crippen molar-refractivity contribution in [1.29, 1.82) is 0 Å². The average Bonchev–Trinajstić information content (AvgIpc) is 1.41. The normalized spacial score (nSPS) is 9.00. The van der Waals surface area contributed by atoms with Gasteiger partial charge in [0.2, 0.25) is 0 Å². The van der Waals surface area contributed by atoms with Crippen LogP contribution in [0.15, 0.2) is 0 Å². The highest BCUT2D eigenvalue weighted by Gasteiger charge is 1.65. The Hall–Kier alpha value is 0.137. The molecule has 5 heavy (non-hydrogen) atoms. The Morgan fingerprint density at radius 1 is 1.80 bits per heavy atom. The van der Waals surface area contributed by atoms with Crippen molar-refractivity contribution in [2.75, 3.05) is 6.54 Å². The lowest BCUT2D eigenvalue weighted by Crippen LogP contribution is -2.22. The van der Waals surface area contributed by atoms with E-state index in [4.69, 9.17) is 5.84 Å². The van der Waals surface area contributed by atoms with Crippen LogP contribution in [0.1, 0.15) is 0 Å². The molecule has 0 radical (unpaired) electrons. The fourth-order valence-electron chi connectivity index (χ4n) is 0.144. The first kappa shape index (κ1) is 5.14. The van der Waals surface area contributed by atoms with E-state index < -0.39 is 0 Å². The fraction of sp³-hybridized carbons (Fsp3) is 1.00. The molecule has 0 fully saturated rings. The van der Waals surface area contributed by atoms with Crippen molar-refractivity contribution < 1.29 is 0 Å². The Labute approximate surface area is 35.1 Å². The highest BCUT2D eigenvalue weighted by molar-refractivity contribution is 6.08. The van der Waals surface area contributed by atoms with Crippen molar-refractivity contribution in [3.8, 4) is 0 Å². The molecule has 0 saturated carbocycles. The molecule has 3 N–H and O–H groups in total. The highest BCUT2D eigenvalue weighted by Crippen LogP contribution is 1.55. The van der Waals surface area contributed by atoms with E-state index in [0.29, 0.717) is 0 Å². The molecule has 0 aromatic heterocycles. The Balaban J connectivity index is 2.19. The third-order valence-corrected chi connectivity index (χ3v) is 0.894. The maximum atomic E-state index is 4.91. The fourth-order valence-corrected chi connectivity index (χ4v) is 0.433. The number of hydrogen-bond donors (Lipinski definition) is 2. The predicted molar refractivity (Wildman–Crippen MR) is 26.9 cm³/mol. The lowest BCUT2D eigenvalue weighted by Gasteiger charge is -1.84. The van der Waals surface area contributed by atoms with Crippen molar-refractivity contribution in [2.24, 2.45) is 5.84 Å². The zero-order chi connectivity index (χ0) is 4.12. The Kier molecular flexibility index (Phi) is 4.25. The van der Waals surface area contributed by atoms with Crippen LogP contribution in [-0.4, -0.2) is 16.8 Å². The number of hydrazine groups is 1. The van der Waals surface area contributed by atoms with Crippen molar-refractivity contribution >= 4 is 10.2 Å². The van der Waals surface area contributed by atoms with E-state index in [1.807, 2.05) is 0 Å². The van der Waals surface area contributed by atoms with Gasteiger partial charge in [-0.25, -0.2) is 0 Å². The van der Waals surface area contributed by atoms with Gasteiger partial charge in [-0.2, -0.15) is 0 Å². The summed E-state index contributed by atoms with van der Waals surface area (Å²) >= 11 is 0. The standard InChI is InChI=1S/C2H10N2Si/c3-4-1-2-5/h4H,1-3H2,5H3. The van der Waals surface area contributed by atoms with Crippen LogP contribution in [0.4, 0.5) is 0 Å². The topological polar surface area (TPSA) is 38.0 Å². The molecular formula is C2H10N2Si. The number of nitrogens with two attached hydrogens (primary N) is 1. The summed E-state index contributed by atoms with van der Waals surface area (Å²) in [5.41, 5.74) is 2.55. The summed E-state index contributed by atoms with van der Waals surface area (Å²) in [5.74, 6) is 4.91. The summed E-state index contributed by atoms with van der Waals surface area (Å²) in [6, 6.07) is 1.25. The van der Waals surface area contributed by atoms with Crippen LogP contribution >= 0.6 is 0 Å². The van der Waals surface area contributed by atoms with Crippen molar-refractivity contribution in [1.82, 2.24) is 5.43 Å². The van der Waals surface area contributed by atoms with Gasteiger partial charge in [0.1, 0.15) is 0 Å². The minimum atomic E-state index is 0.978. The van der Waals surface area contributed by atoms with E-state index in [2.05, 4.69) is 5.43 Å². The summed E-state index contributed by atoms with van der Waals surface area (Å²) in [6.45, 7) is 0.978. The first-order valence-electron chi connectivity index (χ1n) is 1.85. The van der Waals surface area contributed by atoms with Crippen molar-refractivity contribution in [2.45, 2.75) is 6.04 Å². The van der Waals surface area contributed by atoms with Gasteiger partial charge in [-0.1, -0.05) is 6.04 Å². The lowest BCUT2D eigenvalue weighted by atomic mass is 10.8. The molecule has 0 saturated heterocycles. The smallest absolute Gasteiger partial charge is 0.00660 e. The van der Waals surface area contributed by atoms with Crippen LogP contribution in [0.2, 0.25) is 6.04 Å². The molecule has 0 aromatic carbocycles. The molecule has 0 rings (SSSR count). The summed E-state index contributed by atoms with van der Waals surface area (Å²) in [7, 11) is 1.26. The summed E-state index contributed by atoms with van der Waals surface area (Å²) in [6.07, 6.45) is 0. The Morgan fingerprint density at radius 3 is 2.40 bits per heavy atom. The Bertz CT molecular complexity index is 15.1. The predicted octanol–water partition coefficient (Wildman–Crippen LogP) is -1.77. The first-order chi connectivity index (χ1) is 2.41. The Morgan fingerprint density at radius 2 is 2.40 bits per heavy atom. The van der Waals surface area contributed by atoms with Crippen LogP contribution in [0, 0.1) is 0 Å². The maximum absolute atomic E-state index is 4.91. The number of hydrogen-bond acceptors (Lipinski definition) is 2. The molecule has 0 aromatic rings. The van der Waals surface area contributed by atoms with Crippen LogP contribution in [-0.2, 0) is 0 Å². The van der Waals surface area contributed by atoms with E-state index in [9.17, 15) is 0 Å². The maximum Gasteiger partial charge on any atom is 0.00660 e. The summed E-state index contributed by atoms with van der Waals surface area (Å²) in [4.78, 5) is 0. The molecule has 0 bridgehead atoms. The van der Waals surface area contributed by atoms with Crippen LogP contribution < -0.4 is 11.3 Å². The molecule has 0 spiro atoms. The molecule has 0 heterocycles. The molecule has 0 unspecified atom stereocenters. The monoisotopic (exact) mass is 90.1 g/mol. The van der Waals surface area contributed by atoms with E-state index in [1.165, 1.54) is 16.3 Å². The summed E-state index contributed by atoms with van der Waals surface area (Å²) in [5, 5.41) is 0. The SMILES string of the molecule is NNCC[SiH3]. The largest absolute Gasteiger partial charge is 0.271 e. The molecule has 0 aliphatic rings. The van der Waals surface area contributed by atoms with Gasteiger partial charge >= 0.3 is 0 Å². The molecule has 2 nitrogen and oxygen atoms in total. The summed E-state index contributed by atoms with van der Waals surface area (Å²) < 4.78 is 0. The van der Waals surface area contributed by atoms with E-state index in [1.54, 1.807) is 0 Å². The molecular weight excluding hydrogens is 80.1 g/mol. The number of nitrogens with one attached hydrogen (secondary N) is 1. The van der Waals surface area contributed by atoms with Gasteiger partial charge in [0.25, 0.3) is 0 Å².